The molecule has 0 bridgehead atoms. The van der Waals surface area contributed by atoms with Crippen molar-refractivity contribution >= 4 is 16.9 Å². The number of hydrogen-bond acceptors (Lipinski definition) is 5. The van der Waals surface area contributed by atoms with Crippen molar-refractivity contribution in [2.24, 2.45) is 5.73 Å². The summed E-state index contributed by atoms with van der Waals surface area (Å²) < 4.78 is 4.97. The summed E-state index contributed by atoms with van der Waals surface area (Å²) in [6.45, 7) is 3.96. The van der Waals surface area contributed by atoms with E-state index in [0.29, 0.717) is 17.5 Å². The Morgan fingerprint density at radius 2 is 2.38 bits per heavy atom. The highest BCUT2D eigenvalue weighted by atomic mass is 32.2. The molecule has 0 saturated carbocycles. The van der Waals surface area contributed by atoms with Gasteiger partial charge in [-0.1, -0.05) is 30.8 Å². The van der Waals surface area contributed by atoms with Gasteiger partial charge >= 0.3 is 0 Å². The Morgan fingerprint density at radius 3 is 2.85 bits per heavy atom. The molecule has 0 radical (unpaired) electrons. The second-order valence-corrected chi connectivity index (χ2v) is 3.87. The molecule has 0 saturated heterocycles. The zero-order valence-electron chi connectivity index (χ0n) is 7.57. The quantitative estimate of drug-likeness (QED) is 0.567. The predicted molar refractivity (Wildman–Crippen MR) is 51.6 cm³/mol. The largest absolute Gasteiger partial charge is 0.379 e. The lowest BCUT2D eigenvalue weighted by Gasteiger charge is -1.93. The smallest absolute Gasteiger partial charge is 0.229 e. The Bertz CT molecular complexity index is 296. The maximum atomic E-state index is 6.99. The number of nitrogens with two attached hydrogens (primary N) is 1. The van der Waals surface area contributed by atoms with E-state index in [0.717, 1.165) is 0 Å². The Balaban J connectivity index is 2.54. The van der Waals surface area contributed by atoms with Crippen LogP contribution in [0.25, 0.3) is 0 Å². The lowest BCUT2D eigenvalue weighted by atomic mass is 10.2. The van der Waals surface area contributed by atoms with Crippen molar-refractivity contribution in [3.63, 3.8) is 0 Å². The van der Waals surface area contributed by atoms with E-state index >= 15 is 0 Å². The summed E-state index contributed by atoms with van der Waals surface area (Å²) in [6, 6.07) is 0. The van der Waals surface area contributed by atoms with Gasteiger partial charge in [-0.2, -0.15) is 4.98 Å². The molecule has 0 atom stereocenters. The zero-order chi connectivity index (χ0) is 9.84. The van der Waals surface area contributed by atoms with Gasteiger partial charge in [-0.05, 0) is 0 Å². The zero-order valence-corrected chi connectivity index (χ0v) is 8.39. The number of amidine groups is 1. The molecule has 13 heavy (non-hydrogen) atoms. The number of hydrogen-bond donors (Lipinski definition) is 2. The van der Waals surface area contributed by atoms with Gasteiger partial charge in [-0.25, -0.2) is 0 Å². The highest BCUT2D eigenvalue weighted by Crippen LogP contribution is 2.13. The van der Waals surface area contributed by atoms with Crippen molar-refractivity contribution in [2.75, 3.05) is 0 Å². The molecule has 0 spiro atoms. The predicted octanol–water partition coefficient (Wildman–Crippen LogP) is 1.32. The molecule has 5 nitrogen and oxygen atoms in total. The average molecular weight is 200 g/mol. The molecule has 1 aromatic heterocycles. The van der Waals surface area contributed by atoms with Crippen LogP contribution in [0.4, 0.5) is 0 Å². The van der Waals surface area contributed by atoms with Gasteiger partial charge in [0.2, 0.25) is 5.89 Å². The first-order chi connectivity index (χ1) is 6.09. The van der Waals surface area contributed by atoms with Gasteiger partial charge in [0.25, 0.3) is 0 Å². The van der Waals surface area contributed by atoms with E-state index in [1.807, 2.05) is 13.8 Å². The first-order valence-electron chi connectivity index (χ1n) is 3.89. The van der Waals surface area contributed by atoms with Crippen LogP contribution in [0.3, 0.4) is 0 Å². The summed E-state index contributed by atoms with van der Waals surface area (Å²) in [5.74, 6) is 1.94. The minimum Gasteiger partial charge on any atom is -0.379 e. The summed E-state index contributed by atoms with van der Waals surface area (Å²) in [7, 11) is 0. The molecule has 0 amide bonds. The lowest BCUT2D eigenvalue weighted by Crippen LogP contribution is -2.04. The summed E-state index contributed by atoms with van der Waals surface area (Å²) >= 11 is 1.19. The van der Waals surface area contributed by atoms with E-state index in [1.54, 1.807) is 0 Å². The Labute approximate surface area is 80.6 Å². The fourth-order valence-corrected chi connectivity index (χ4v) is 1.10. The molecule has 0 aromatic carbocycles. The Morgan fingerprint density at radius 1 is 1.69 bits per heavy atom. The molecule has 0 aliphatic carbocycles. The Hall–Kier alpha value is -1.04. The molecule has 0 fully saturated rings. The van der Waals surface area contributed by atoms with Crippen molar-refractivity contribution in [1.82, 2.24) is 10.1 Å². The molecule has 0 unspecified atom stereocenters. The van der Waals surface area contributed by atoms with Crippen LogP contribution in [0.5, 0.6) is 0 Å². The van der Waals surface area contributed by atoms with Gasteiger partial charge in [0, 0.05) is 5.92 Å². The van der Waals surface area contributed by atoms with Crippen LogP contribution in [0.15, 0.2) is 4.52 Å². The maximum Gasteiger partial charge on any atom is 0.229 e. The molecular formula is C7H12N4OS. The van der Waals surface area contributed by atoms with Crippen LogP contribution in [0.1, 0.15) is 31.5 Å². The third kappa shape index (κ3) is 3.06. The lowest BCUT2D eigenvalue weighted by molar-refractivity contribution is 0.362. The van der Waals surface area contributed by atoms with E-state index in [4.69, 9.17) is 15.7 Å². The molecule has 6 heteroatoms. The van der Waals surface area contributed by atoms with E-state index < -0.39 is 0 Å². The van der Waals surface area contributed by atoms with Gasteiger partial charge in [0.15, 0.2) is 11.0 Å². The van der Waals surface area contributed by atoms with Crippen molar-refractivity contribution < 1.29 is 4.52 Å². The molecule has 3 N–H and O–H groups in total. The van der Waals surface area contributed by atoms with Crippen molar-refractivity contribution in [1.29, 1.82) is 5.41 Å². The second-order valence-electron chi connectivity index (χ2n) is 2.86. The summed E-state index contributed by atoms with van der Waals surface area (Å²) in [6.07, 6.45) is 0. The van der Waals surface area contributed by atoms with Crippen molar-refractivity contribution in [3.05, 3.63) is 11.7 Å². The number of aromatic nitrogens is 2. The normalized spacial score (nSPS) is 10.7. The minimum atomic E-state index is 0.0656. The van der Waals surface area contributed by atoms with Crippen molar-refractivity contribution in [3.8, 4) is 0 Å². The molecule has 1 heterocycles. The van der Waals surface area contributed by atoms with Crippen LogP contribution < -0.4 is 5.73 Å². The maximum absolute atomic E-state index is 6.99. The van der Waals surface area contributed by atoms with Gasteiger partial charge in [-0.15, -0.1) is 0 Å². The SMILES string of the molecule is CC(C)c1nc(CSC(=N)N)no1. The van der Waals surface area contributed by atoms with E-state index in [1.165, 1.54) is 11.8 Å². The molecular weight excluding hydrogens is 188 g/mol. The van der Waals surface area contributed by atoms with E-state index in [-0.39, 0.29) is 11.1 Å². The molecule has 1 rings (SSSR count). The fourth-order valence-electron chi connectivity index (χ4n) is 0.703. The van der Waals surface area contributed by atoms with Crippen LogP contribution in [0, 0.1) is 5.41 Å². The van der Waals surface area contributed by atoms with Crippen LogP contribution in [-0.4, -0.2) is 15.3 Å². The number of nitrogens with zero attached hydrogens (tertiary/aromatic N) is 2. The number of nitrogens with one attached hydrogen (secondary N) is 1. The van der Waals surface area contributed by atoms with Gasteiger partial charge in [0.1, 0.15) is 0 Å². The number of rotatable bonds is 3. The van der Waals surface area contributed by atoms with Crippen LogP contribution >= 0.6 is 11.8 Å². The first kappa shape index (κ1) is 10.0. The summed E-state index contributed by atoms with van der Waals surface area (Å²) in [4.78, 5) is 4.13. The topological polar surface area (TPSA) is 88.8 Å². The number of thioether (sulfide) groups is 1. The average Bonchev–Trinajstić information content (AvgIpc) is 2.48. The monoisotopic (exact) mass is 200 g/mol. The van der Waals surface area contributed by atoms with Gasteiger partial charge < -0.3 is 10.3 Å². The molecule has 0 aliphatic heterocycles. The van der Waals surface area contributed by atoms with Crippen molar-refractivity contribution in [2.45, 2.75) is 25.5 Å². The highest BCUT2D eigenvalue weighted by Gasteiger charge is 2.09. The van der Waals surface area contributed by atoms with E-state index in [9.17, 15) is 0 Å². The third-order valence-corrected chi connectivity index (χ3v) is 2.05. The summed E-state index contributed by atoms with van der Waals surface area (Å²) in [5.41, 5.74) is 5.17. The fraction of sp³-hybridized carbons (Fsp3) is 0.571. The Kier molecular flexibility index (Phi) is 3.30. The van der Waals surface area contributed by atoms with E-state index in [2.05, 4.69) is 10.1 Å². The minimum absolute atomic E-state index is 0.0656. The molecule has 1 aromatic rings. The molecule has 72 valence electrons. The first-order valence-corrected chi connectivity index (χ1v) is 4.87. The molecule has 0 aliphatic rings. The highest BCUT2D eigenvalue weighted by molar-refractivity contribution is 8.12. The third-order valence-electron chi connectivity index (χ3n) is 1.33. The second kappa shape index (κ2) is 4.27. The summed E-state index contributed by atoms with van der Waals surface area (Å²) in [5, 5.41) is 10.8. The van der Waals surface area contributed by atoms with Crippen LogP contribution in [0.2, 0.25) is 0 Å². The standard InChI is InChI=1S/C7H12N4OS/c1-4(2)6-10-5(11-12-6)3-13-7(8)9/h4H,3H2,1-2H3,(H3,8,9). The van der Waals surface area contributed by atoms with Gasteiger partial charge in [-0.3, -0.25) is 5.41 Å². The van der Waals surface area contributed by atoms with Crippen LogP contribution in [-0.2, 0) is 5.75 Å². The van der Waals surface area contributed by atoms with Gasteiger partial charge in [0.05, 0.1) is 5.75 Å².